The van der Waals surface area contributed by atoms with Gasteiger partial charge in [0.05, 0.1) is 0 Å². The molecule has 0 spiro atoms. The number of nitrogens with two attached hydrogens (primary N) is 1. The first-order chi connectivity index (χ1) is 9.20. The van der Waals surface area contributed by atoms with Crippen LogP contribution in [-0.4, -0.2) is 11.0 Å². The first-order valence-electron chi connectivity index (χ1n) is 5.96. The lowest BCUT2D eigenvalue weighted by molar-refractivity contribution is 0.318. The lowest BCUT2D eigenvalue weighted by Crippen LogP contribution is -2.14. The van der Waals surface area contributed by atoms with Crippen molar-refractivity contribution in [3.05, 3.63) is 65.2 Å². The lowest BCUT2D eigenvalue weighted by Gasteiger charge is -2.09. The fraction of sp³-hybridized carbons (Fsp3) is 0.133. The number of hydrogen-bond donors (Lipinski definition) is 2. The van der Waals surface area contributed by atoms with Crippen LogP contribution in [0.15, 0.2) is 58.6 Å². The largest absolute Gasteiger partial charge is 0.409 e. The van der Waals surface area contributed by atoms with E-state index in [1.165, 1.54) is 5.56 Å². The Kier molecular flexibility index (Phi) is 4.47. The average Bonchev–Trinajstić information content (AvgIpc) is 2.46. The van der Waals surface area contributed by atoms with Crippen molar-refractivity contribution in [1.29, 1.82) is 0 Å². The van der Waals surface area contributed by atoms with E-state index in [0.717, 1.165) is 21.8 Å². The molecule has 0 bridgehead atoms. The SMILES string of the molecule is Cc1ccc(SCc2ccccc2)c(/C(N)=N/O)c1. The van der Waals surface area contributed by atoms with Gasteiger partial charge in [-0.25, -0.2) is 0 Å². The number of oxime groups is 1. The van der Waals surface area contributed by atoms with E-state index in [4.69, 9.17) is 10.9 Å². The van der Waals surface area contributed by atoms with E-state index < -0.39 is 0 Å². The molecular weight excluding hydrogens is 256 g/mol. The molecule has 19 heavy (non-hydrogen) atoms. The van der Waals surface area contributed by atoms with Gasteiger partial charge < -0.3 is 10.9 Å². The topological polar surface area (TPSA) is 58.6 Å². The fourth-order valence-electron chi connectivity index (χ4n) is 1.76. The molecule has 0 heterocycles. The van der Waals surface area contributed by atoms with Crippen LogP contribution >= 0.6 is 11.8 Å². The summed E-state index contributed by atoms with van der Waals surface area (Å²) in [7, 11) is 0. The van der Waals surface area contributed by atoms with Crippen molar-refractivity contribution in [1.82, 2.24) is 0 Å². The molecule has 3 nitrogen and oxygen atoms in total. The number of rotatable bonds is 4. The van der Waals surface area contributed by atoms with Crippen molar-refractivity contribution in [2.75, 3.05) is 0 Å². The van der Waals surface area contributed by atoms with E-state index >= 15 is 0 Å². The minimum absolute atomic E-state index is 0.152. The van der Waals surface area contributed by atoms with Crippen LogP contribution in [0.25, 0.3) is 0 Å². The van der Waals surface area contributed by atoms with E-state index in [0.29, 0.717) is 0 Å². The zero-order chi connectivity index (χ0) is 13.7. The van der Waals surface area contributed by atoms with E-state index in [1.54, 1.807) is 11.8 Å². The minimum atomic E-state index is 0.152. The summed E-state index contributed by atoms with van der Waals surface area (Å²) in [6, 6.07) is 16.2. The average molecular weight is 272 g/mol. The molecule has 0 aliphatic carbocycles. The van der Waals surface area contributed by atoms with Crippen molar-refractivity contribution in [2.24, 2.45) is 10.9 Å². The summed E-state index contributed by atoms with van der Waals surface area (Å²) >= 11 is 1.68. The summed E-state index contributed by atoms with van der Waals surface area (Å²) in [5.74, 6) is 1.01. The van der Waals surface area contributed by atoms with Crippen LogP contribution in [0.4, 0.5) is 0 Å². The number of thioether (sulfide) groups is 1. The maximum absolute atomic E-state index is 8.84. The van der Waals surface area contributed by atoms with Gasteiger partial charge in [0.15, 0.2) is 5.84 Å². The van der Waals surface area contributed by atoms with Crippen LogP contribution in [0.2, 0.25) is 0 Å². The van der Waals surface area contributed by atoms with E-state index in [9.17, 15) is 0 Å². The third-order valence-electron chi connectivity index (χ3n) is 2.76. The Morgan fingerprint density at radius 2 is 1.95 bits per heavy atom. The summed E-state index contributed by atoms with van der Waals surface area (Å²) in [6.45, 7) is 1.99. The van der Waals surface area contributed by atoms with Gasteiger partial charge in [0.2, 0.25) is 0 Å². The van der Waals surface area contributed by atoms with E-state index in [2.05, 4.69) is 17.3 Å². The second-order valence-corrected chi connectivity index (χ2v) is 5.28. The van der Waals surface area contributed by atoms with Gasteiger partial charge in [-0.15, -0.1) is 11.8 Å². The van der Waals surface area contributed by atoms with Gasteiger partial charge in [0, 0.05) is 16.2 Å². The highest BCUT2D eigenvalue weighted by molar-refractivity contribution is 7.98. The molecule has 0 aromatic heterocycles. The van der Waals surface area contributed by atoms with Crippen molar-refractivity contribution < 1.29 is 5.21 Å². The molecule has 0 aliphatic rings. The zero-order valence-corrected chi connectivity index (χ0v) is 11.5. The van der Waals surface area contributed by atoms with Crippen LogP contribution in [-0.2, 0) is 5.75 Å². The molecule has 0 fully saturated rings. The number of hydrogen-bond acceptors (Lipinski definition) is 3. The Labute approximate surface area is 117 Å². The molecule has 2 aromatic rings. The maximum atomic E-state index is 8.84. The van der Waals surface area contributed by atoms with Crippen LogP contribution in [0.3, 0.4) is 0 Å². The lowest BCUT2D eigenvalue weighted by atomic mass is 10.1. The molecule has 2 rings (SSSR count). The molecular formula is C15H16N2OS. The maximum Gasteiger partial charge on any atom is 0.171 e. The molecule has 98 valence electrons. The Hall–Kier alpha value is -1.94. The van der Waals surface area contributed by atoms with Gasteiger partial charge in [-0.2, -0.15) is 0 Å². The van der Waals surface area contributed by atoms with Gasteiger partial charge >= 0.3 is 0 Å². The van der Waals surface area contributed by atoms with Crippen molar-refractivity contribution >= 4 is 17.6 Å². The fourth-order valence-corrected chi connectivity index (χ4v) is 2.76. The number of aryl methyl sites for hydroxylation is 1. The molecule has 0 unspecified atom stereocenters. The standard InChI is InChI=1S/C15H16N2OS/c1-11-7-8-14(13(9-11)15(16)17-18)19-10-12-5-3-2-4-6-12/h2-9,18H,10H2,1H3,(H2,16,17). The molecule has 0 aliphatic heterocycles. The molecule has 4 heteroatoms. The zero-order valence-electron chi connectivity index (χ0n) is 10.7. The Balaban J connectivity index is 2.20. The summed E-state index contributed by atoms with van der Waals surface area (Å²) in [5.41, 5.74) is 8.84. The second kappa shape index (κ2) is 6.29. The summed E-state index contributed by atoms with van der Waals surface area (Å²) in [6.07, 6.45) is 0. The summed E-state index contributed by atoms with van der Waals surface area (Å²) in [5, 5.41) is 11.9. The normalized spacial score (nSPS) is 11.5. The first kappa shape index (κ1) is 13.5. The van der Waals surface area contributed by atoms with Crippen LogP contribution in [0, 0.1) is 6.92 Å². The summed E-state index contributed by atoms with van der Waals surface area (Å²) < 4.78 is 0. The number of nitrogens with zero attached hydrogens (tertiary/aromatic N) is 1. The number of benzene rings is 2. The molecule has 0 saturated heterocycles. The van der Waals surface area contributed by atoms with E-state index in [-0.39, 0.29) is 5.84 Å². The summed E-state index contributed by atoms with van der Waals surface area (Å²) in [4.78, 5) is 1.02. The minimum Gasteiger partial charge on any atom is -0.409 e. The van der Waals surface area contributed by atoms with Crippen LogP contribution in [0.5, 0.6) is 0 Å². The van der Waals surface area contributed by atoms with Crippen molar-refractivity contribution in [3.8, 4) is 0 Å². The number of amidine groups is 1. The Morgan fingerprint density at radius 3 is 2.63 bits per heavy atom. The highest BCUT2D eigenvalue weighted by Crippen LogP contribution is 2.27. The van der Waals surface area contributed by atoms with Gasteiger partial charge in [-0.3, -0.25) is 0 Å². The molecule has 0 radical (unpaired) electrons. The monoisotopic (exact) mass is 272 g/mol. The smallest absolute Gasteiger partial charge is 0.171 e. The quantitative estimate of drug-likeness (QED) is 0.295. The first-order valence-corrected chi connectivity index (χ1v) is 6.94. The predicted molar refractivity (Wildman–Crippen MR) is 79.7 cm³/mol. The van der Waals surface area contributed by atoms with E-state index in [1.807, 2.05) is 43.3 Å². The predicted octanol–water partition coefficient (Wildman–Crippen LogP) is 3.38. The van der Waals surface area contributed by atoms with Crippen molar-refractivity contribution in [2.45, 2.75) is 17.6 Å². The highest BCUT2D eigenvalue weighted by Gasteiger charge is 2.08. The Bertz CT molecular complexity index is 582. The van der Waals surface area contributed by atoms with Crippen LogP contribution < -0.4 is 5.73 Å². The van der Waals surface area contributed by atoms with Crippen LogP contribution in [0.1, 0.15) is 16.7 Å². The molecule has 3 N–H and O–H groups in total. The third-order valence-corrected chi connectivity index (χ3v) is 3.90. The van der Waals surface area contributed by atoms with Crippen molar-refractivity contribution in [3.63, 3.8) is 0 Å². The van der Waals surface area contributed by atoms with Gasteiger partial charge in [-0.1, -0.05) is 47.1 Å². The second-order valence-electron chi connectivity index (χ2n) is 4.26. The highest BCUT2D eigenvalue weighted by atomic mass is 32.2. The molecule has 0 saturated carbocycles. The molecule has 0 amide bonds. The molecule has 2 aromatic carbocycles. The van der Waals surface area contributed by atoms with Gasteiger partial charge in [0.1, 0.15) is 0 Å². The third kappa shape index (κ3) is 3.51. The molecule has 0 atom stereocenters. The van der Waals surface area contributed by atoms with Gasteiger partial charge in [-0.05, 0) is 24.6 Å². The Morgan fingerprint density at radius 1 is 1.21 bits per heavy atom. The van der Waals surface area contributed by atoms with Gasteiger partial charge in [0.25, 0.3) is 0 Å².